The highest BCUT2D eigenvalue weighted by Crippen LogP contribution is 2.39. The number of nitrogens with zero attached hydrogens (tertiary/aromatic N) is 1. The third-order valence-electron chi connectivity index (χ3n) is 9.02. The van der Waals surface area contributed by atoms with Gasteiger partial charge in [0.15, 0.2) is 11.5 Å². The Morgan fingerprint density at radius 3 is 1.46 bits per heavy atom. The maximum atomic E-state index is 13.1. The molecule has 0 spiro atoms. The van der Waals surface area contributed by atoms with Gasteiger partial charge in [-0.15, -0.1) is 0 Å². The summed E-state index contributed by atoms with van der Waals surface area (Å²) < 4.78 is 44.1. The van der Waals surface area contributed by atoms with Gasteiger partial charge in [0.2, 0.25) is 5.75 Å². The Hall–Kier alpha value is -6.89. The highest BCUT2D eigenvalue weighted by atomic mass is 16.6. The molecule has 322 valence electrons. The lowest BCUT2D eigenvalue weighted by atomic mass is 10.1. The van der Waals surface area contributed by atoms with Crippen LogP contribution >= 0.6 is 0 Å². The largest absolute Gasteiger partial charge is 0.494 e. The van der Waals surface area contributed by atoms with E-state index in [9.17, 15) is 19.2 Å². The molecule has 4 aromatic rings. The molecular weight excluding hydrogens is 783 g/mol. The molecule has 0 saturated carbocycles. The monoisotopic (exact) mass is 835 g/mol. The molecule has 0 aliphatic heterocycles. The van der Waals surface area contributed by atoms with E-state index < -0.39 is 23.9 Å². The summed E-state index contributed by atoms with van der Waals surface area (Å²) >= 11 is 0. The molecule has 0 aliphatic rings. The van der Waals surface area contributed by atoms with Gasteiger partial charge in [-0.05, 0) is 143 Å². The molecule has 0 aliphatic carbocycles. The van der Waals surface area contributed by atoms with Crippen LogP contribution in [0.25, 0.3) is 0 Å². The van der Waals surface area contributed by atoms with Crippen molar-refractivity contribution in [3.63, 3.8) is 0 Å². The number of carbonyl (C=O) groups is 4. The Kier molecular flexibility index (Phi) is 19.6. The lowest BCUT2D eigenvalue weighted by Gasteiger charge is -2.14. The second-order valence-corrected chi connectivity index (χ2v) is 13.6. The maximum Gasteiger partial charge on any atom is 0.343 e. The van der Waals surface area contributed by atoms with Crippen molar-refractivity contribution in [2.24, 2.45) is 4.99 Å². The quantitative estimate of drug-likeness (QED) is 0.0195. The SMILES string of the molecule is C=CC(=O)OCCCCCCOc1ccc(C(=O)Oc2ccc(N=Cc3cc(OC)c(OC(=O)c4ccc(OCCCCCCOC(=O)C=C)cc4)c(OC)c3)cc2C)cc1. The number of ether oxygens (including phenoxy) is 8. The van der Waals surface area contributed by atoms with Gasteiger partial charge in [0.05, 0.1) is 57.5 Å². The van der Waals surface area contributed by atoms with Gasteiger partial charge in [-0.1, -0.05) is 13.2 Å². The summed E-state index contributed by atoms with van der Waals surface area (Å²) in [5, 5.41) is 0. The molecule has 0 radical (unpaired) electrons. The zero-order valence-corrected chi connectivity index (χ0v) is 35.0. The Labute approximate surface area is 356 Å². The molecule has 0 saturated heterocycles. The first-order valence-corrected chi connectivity index (χ1v) is 20.0. The fraction of sp³-hybridized carbons (Fsp3) is 0.312. The Morgan fingerprint density at radius 2 is 1.02 bits per heavy atom. The van der Waals surface area contributed by atoms with Crippen molar-refractivity contribution in [3.8, 4) is 34.5 Å². The predicted octanol–water partition coefficient (Wildman–Crippen LogP) is 9.54. The van der Waals surface area contributed by atoms with Crippen molar-refractivity contribution in [2.45, 2.75) is 58.3 Å². The number of carbonyl (C=O) groups excluding carboxylic acids is 4. The summed E-state index contributed by atoms with van der Waals surface area (Å²) in [7, 11) is 2.92. The molecule has 13 heteroatoms. The van der Waals surface area contributed by atoms with E-state index in [-0.39, 0.29) is 17.2 Å². The van der Waals surface area contributed by atoms with Crippen LogP contribution in [0.15, 0.2) is 109 Å². The minimum Gasteiger partial charge on any atom is -0.494 e. The van der Waals surface area contributed by atoms with Crippen molar-refractivity contribution in [3.05, 3.63) is 126 Å². The third kappa shape index (κ3) is 16.0. The molecule has 61 heavy (non-hydrogen) atoms. The average Bonchev–Trinajstić information content (AvgIpc) is 3.28. The average molecular weight is 836 g/mol. The van der Waals surface area contributed by atoms with Crippen LogP contribution in [-0.2, 0) is 19.1 Å². The number of esters is 4. The Balaban J connectivity index is 1.25. The van der Waals surface area contributed by atoms with E-state index in [0.29, 0.717) is 71.6 Å². The smallest absolute Gasteiger partial charge is 0.343 e. The standard InChI is InChI=1S/C48H53NO12/c1-6-44(50)58-28-14-10-8-12-26-56-39-21-16-36(17-22-39)47(52)60-41-25-20-38(30-34(41)3)49-33-35-31-42(54-4)46(43(32-35)55-5)61-48(53)37-18-23-40(24-19-37)57-27-13-9-11-15-29-59-45(51)7-2/h6-7,16-25,30-33H,1-2,8-15,26-29H2,3-5H3. The van der Waals surface area contributed by atoms with E-state index in [2.05, 4.69) is 18.2 Å². The van der Waals surface area contributed by atoms with Crippen molar-refractivity contribution >= 4 is 35.8 Å². The van der Waals surface area contributed by atoms with Crippen molar-refractivity contribution in [1.82, 2.24) is 0 Å². The number of unbranched alkanes of at least 4 members (excludes halogenated alkanes) is 6. The van der Waals surface area contributed by atoms with E-state index in [1.807, 2.05) is 6.92 Å². The zero-order valence-electron chi connectivity index (χ0n) is 35.0. The van der Waals surface area contributed by atoms with Crippen molar-refractivity contribution < 1.29 is 57.1 Å². The van der Waals surface area contributed by atoms with Gasteiger partial charge in [0.25, 0.3) is 0 Å². The molecule has 0 heterocycles. The summed E-state index contributed by atoms with van der Waals surface area (Å²) in [6.07, 6.45) is 10.9. The van der Waals surface area contributed by atoms with Crippen molar-refractivity contribution in [2.75, 3.05) is 40.6 Å². The van der Waals surface area contributed by atoms with Gasteiger partial charge >= 0.3 is 23.9 Å². The molecule has 4 aromatic carbocycles. The van der Waals surface area contributed by atoms with Crippen LogP contribution in [0.2, 0.25) is 0 Å². The third-order valence-corrected chi connectivity index (χ3v) is 9.02. The van der Waals surface area contributed by atoms with Crippen LogP contribution in [-0.4, -0.2) is 70.7 Å². The Morgan fingerprint density at radius 1 is 0.557 bits per heavy atom. The molecule has 0 atom stereocenters. The molecule has 0 unspecified atom stereocenters. The summed E-state index contributed by atoms with van der Waals surface area (Å²) in [6, 6.07) is 22.0. The highest BCUT2D eigenvalue weighted by Gasteiger charge is 2.19. The zero-order chi connectivity index (χ0) is 43.8. The van der Waals surface area contributed by atoms with Crippen LogP contribution < -0.4 is 28.4 Å². The fourth-order valence-electron chi connectivity index (χ4n) is 5.70. The first-order valence-electron chi connectivity index (χ1n) is 20.0. The number of benzene rings is 4. The first-order chi connectivity index (χ1) is 29.6. The second kappa shape index (κ2) is 25.6. The first kappa shape index (κ1) is 46.8. The van der Waals surface area contributed by atoms with Crippen LogP contribution in [0.1, 0.15) is 83.2 Å². The molecule has 4 rings (SSSR count). The van der Waals surface area contributed by atoms with E-state index in [4.69, 9.17) is 37.9 Å². The van der Waals surface area contributed by atoms with Crippen LogP contribution in [0.3, 0.4) is 0 Å². The molecule has 0 fully saturated rings. The predicted molar refractivity (Wildman–Crippen MR) is 231 cm³/mol. The second-order valence-electron chi connectivity index (χ2n) is 13.6. The van der Waals surface area contributed by atoms with Crippen LogP contribution in [0, 0.1) is 6.92 Å². The summed E-state index contributed by atoms with van der Waals surface area (Å²) in [4.78, 5) is 52.8. The maximum absolute atomic E-state index is 13.1. The van der Waals surface area contributed by atoms with Gasteiger partial charge < -0.3 is 37.9 Å². The van der Waals surface area contributed by atoms with Gasteiger partial charge in [-0.25, -0.2) is 19.2 Å². The lowest BCUT2D eigenvalue weighted by molar-refractivity contribution is -0.138. The van der Waals surface area contributed by atoms with E-state index >= 15 is 0 Å². The number of hydrogen-bond acceptors (Lipinski definition) is 13. The topological polar surface area (TPSA) is 154 Å². The Bertz CT molecular complexity index is 2080. The van der Waals surface area contributed by atoms with E-state index in [1.54, 1.807) is 85.1 Å². The number of methoxy groups -OCH3 is 2. The number of hydrogen-bond donors (Lipinski definition) is 0. The molecular formula is C48H53NO12. The van der Waals surface area contributed by atoms with Gasteiger partial charge in [-0.3, -0.25) is 4.99 Å². The minimum absolute atomic E-state index is 0.116. The summed E-state index contributed by atoms with van der Waals surface area (Å²) in [6.45, 7) is 10.4. The molecule has 13 nitrogen and oxygen atoms in total. The number of aryl methyl sites for hydroxylation is 1. The fourth-order valence-corrected chi connectivity index (χ4v) is 5.70. The number of rotatable bonds is 26. The van der Waals surface area contributed by atoms with Crippen LogP contribution in [0.4, 0.5) is 5.69 Å². The minimum atomic E-state index is -0.606. The van der Waals surface area contributed by atoms with Gasteiger partial charge in [0, 0.05) is 23.9 Å². The van der Waals surface area contributed by atoms with Crippen molar-refractivity contribution in [1.29, 1.82) is 0 Å². The summed E-state index contributed by atoms with van der Waals surface area (Å²) in [5.74, 6) is 0.387. The molecule has 0 aromatic heterocycles. The van der Waals surface area contributed by atoms with Crippen LogP contribution in [0.5, 0.6) is 34.5 Å². The van der Waals surface area contributed by atoms with E-state index in [0.717, 1.165) is 63.5 Å². The molecule has 0 amide bonds. The lowest BCUT2D eigenvalue weighted by Crippen LogP contribution is -2.10. The normalized spacial score (nSPS) is 10.7. The molecule has 0 bridgehead atoms. The molecule has 0 N–H and O–H groups in total. The number of aliphatic imine (C=N–C) groups is 1. The van der Waals surface area contributed by atoms with E-state index in [1.165, 1.54) is 14.2 Å². The van der Waals surface area contributed by atoms with Gasteiger partial charge in [-0.2, -0.15) is 0 Å². The summed E-state index contributed by atoms with van der Waals surface area (Å²) in [5.41, 5.74) is 2.63. The highest BCUT2D eigenvalue weighted by molar-refractivity contribution is 5.93. The van der Waals surface area contributed by atoms with Gasteiger partial charge in [0.1, 0.15) is 17.2 Å².